The normalized spacial score (nSPS) is 11.4. The molecule has 0 atom stereocenters. The van der Waals surface area contributed by atoms with Gasteiger partial charge in [-0.1, -0.05) is 0 Å². The Morgan fingerprint density at radius 2 is 2.15 bits per heavy atom. The van der Waals surface area contributed by atoms with E-state index in [4.69, 9.17) is 9.84 Å². The third-order valence-corrected chi connectivity index (χ3v) is 4.20. The number of nitrogens with zero attached hydrogens (tertiary/aromatic N) is 3. The third kappa shape index (κ3) is 3.26. The van der Waals surface area contributed by atoms with E-state index in [0.29, 0.717) is 19.3 Å². The van der Waals surface area contributed by atoms with Crippen molar-refractivity contribution in [2.24, 2.45) is 0 Å². The Balaban J connectivity index is 2.23. The molecular weight excluding hydrogens is 274 g/mol. The number of hydrogen-bond donors (Lipinski definition) is 1. The fourth-order valence-corrected chi connectivity index (χ4v) is 3.11. The van der Waals surface area contributed by atoms with Gasteiger partial charge in [0, 0.05) is 12.6 Å². The Kier molecular flexibility index (Phi) is 5.28. The Morgan fingerprint density at radius 3 is 2.85 bits per heavy atom. The van der Waals surface area contributed by atoms with Gasteiger partial charge in [-0.3, -0.25) is 0 Å². The minimum absolute atomic E-state index is 0.0591. The molecule has 6 heteroatoms. The molecular formula is C14H21N3O2S. The Labute approximate surface area is 123 Å². The predicted molar refractivity (Wildman–Crippen MR) is 82.5 cm³/mol. The Morgan fingerprint density at radius 1 is 1.35 bits per heavy atom. The van der Waals surface area contributed by atoms with Crippen LogP contribution in [0.2, 0.25) is 0 Å². The summed E-state index contributed by atoms with van der Waals surface area (Å²) in [7, 11) is 0. The number of aliphatic hydroxyl groups excluding tert-OH is 1. The summed E-state index contributed by atoms with van der Waals surface area (Å²) in [5.41, 5.74) is 2.22. The second-order valence-electron chi connectivity index (χ2n) is 4.92. The zero-order chi connectivity index (χ0) is 14.5. The van der Waals surface area contributed by atoms with Crippen LogP contribution in [0.1, 0.15) is 19.4 Å². The highest BCUT2D eigenvalue weighted by atomic mass is 32.1. The first kappa shape index (κ1) is 15.2. The van der Waals surface area contributed by atoms with Gasteiger partial charge >= 0.3 is 0 Å². The number of anilines is 1. The number of aryl methyl sites for hydroxylation is 1. The van der Waals surface area contributed by atoms with E-state index in [-0.39, 0.29) is 6.61 Å². The van der Waals surface area contributed by atoms with Gasteiger partial charge in [0.05, 0.1) is 30.0 Å². The fraction of sp³-hybridized carbons (Fsp3) is 0.571. The average molecular weight is 295 g/mol. The van der Waals surface area contributed by atoms with E-state index in [1.54, 1.807) is 17.7 Å². The van der Waals surface area contributed by atoms with Crippen molar-refractivity contribution >= 4 is 27.4 Å². The number of hydrogen-bond acceptors (Lipinski definition) is 6. The zero-order valence-electron chi connectivity index (χ0n) is 12.2. The first-order valence-electron chi connectivity index (χ1n) is 6.79. The number of thiophene rings is 1. The molecule has 20 heavy (non-hydrogen) atoms. The lowest BCUT2D eigenvalue weighted by molar-refractivity contribution is 0.0961. The average Bonchev–Trinajstić information content (AvgIpc) is 2.81. The van der Waals surface area contributed by atoms with Gasteiger partial charge < -0.3 is 14.7 Å². The van der Waals surface area contributed by atoms with E-state index in [9.17, 15) is 0 Å². The molecule has 2 aromatic rings. The largest absolute Gasteiger partial charge is 0.394 e. The predicted octanol–water partition coefficient (Wildman–Crippen LogP) is 2.22. The van der Waals surface area contributed by atoms with Crippen molar-refractivity contribution in [3.8, 4) is 0 Å². The lowest BCUT2D eigenvalue weighted by Crippen LogP contribution is -2.35. The van der Waals surface area contributed by atoms with Gasteiger partial charge in [-0.2, -0.15) is 0 Å². The highest BCUT2D eigenvalue weighted by Crippen LogP contribution is 2.31. The summed E-state index contributed by atoms with van der Waals surface area (Å²) >= 11 is 1.68. The second-order valence-corrected chi connectivity index (χ2v) is 5.80. The summed E-state index contributed by atoms with van der Waals surface area (Å²) in [4.78, 5) is 11.0. The molecule has 0 saturated carbocycles. The lowest BCUT2D eigenvalue weighted by Gasteiger charge is -2.28. The number of aliphatic hydroxyl groups is 1. The molecule has 0 aromatic carbocycles. The van der Waals surface area contributed by atoms with Crippen molar-refractivity contribution in [2.45, 2.75) is 26.8 Å². The molecule has 0 bridgehead atoms. The minimum Gasteiger partial charge on any atom is -0.394 e. The topological polar surface area (TPSA) is 58.5 Å². The van der Waals surface area contributed by atoms with Gasteiger partial charge in [0.2, 0.25) is 0 Å². The van der Waals surface area contributed by atoms with Gasteiger partial charge in [0.15, 0.2) is 0 Å². The molecule has 0 saturated heterocycles. The maximum Gasteiger partial charge on any atom is 0.150 e. The maximum atomic E-state index is 8.74. The maximum absolute atomic E-state index is 8.74. The van der Waals surface area contributed by atoms with Crippen LogP contribution in [0.4, 0.5) is 5.82 Å². The third-order valence-electron chi connectivity index (χ3n) is 3.12. The monoisotopic (exact) mass is 295 g/mol. The van der Waals surface area contributed by atoms with Gasteiger partial charge in [0.1, 0.15) is 12.1 Å². The summed E-state index contributed by atoms with van der Waals surface area (Å²) in [5.74, 6) is 0.968. The van der Waals surface area contributed by atoms with Crippen LogP contribution in [-0.2, 0) is 4.74 Å². The lowest BCUT2D eigenvalue weighted by atomic mass is 10.2. The summed E-state index contributed by atoms with van der Waals surface area (Å²) in [5, 5.41) is 10.9. The molecule has 0 fully saturated rings. The molecule has 0 radical (unpaired) electrons. The molecule has 0 unspecified atom stereocenters. The van der Waals surface area contributed by atoms with Crippen LogP contribution in [0.15, 0.2) is 11.7 Å². The highest BCUT2D eigenvalue weighted by molar-refractivity contribution is 7.18. The van der Waals surface area contributed by atoms with Crippen molar-refractivity contribution in [1.82, 2.24) is 9.97 Å². The number of rotatable bonds is 7. The molecule has 0 aliphatic carbocycles. The van der Waals surface area contributed by atoms with Crippen LogP contribution in [0.5, 0.6) is 0 Å². The van der Waals surface area contributed by atoms with Crippen molar-refractivity contribution in [3.63, 3.8) is 0 Å². The number of fused-ring (bicyclic) bond motifs is 1. The van der Waals surface area contributed by atoms with Crippen molar-refractivity contribution in [2.75, 3.05) is 31.3 Å². The first-order chi connectivity index (χ1) is 9.65. The van der Waals surface area contributed by atoms with Crippen molar-refractivity contribution in [1.29, 1.82) is 0 Å². The zero-order valence-corrected chi connectivity index (χ0v) is 13.0. The van der Waals surface area contributed by atoms with Crippen LogP contribution >= 0.6 is 11.3 Å². The number of ether oxygens (including phenoxy) is 1. The Hall–Kier alpha value is -1.24. The van der Waals surface area contributed by atoms with Crippen molar-refractivity contribution in [3.05, 3.63) is 17.3 Å². The van der Waals surface area contributed by atoms with Gasteiger partial charge in [0.25, 0.3) is 0 Å². The van der Waals surface area contributed by atoms with Gasteiger partial charge in [-0.05, 0) is 31.7 Å². The van der Waals surface area contributed by atoms with Crippen LogP contribution < -0.4 is 4.90 Å². The first-order valence-corrected chi connectivity index (χ1v) is 7.67. The van der Waals surface area contributed by atoms with E-state index in [1.165, 1.54) is 5.56 Å². The molecule has 0 aliphatic rings. The fourth-order valence-electron chi connectivity index (χ4n) is 2.10. The molecule has 2 aromatic heterocycles. The summed E-state index contributed by atoms with van der Waals surface area (Å²) in [6.45, 7) is 8.11. The van der Waals surface area contributed by atoms with E-state index < -0.39 is 0 Å². The van der Waals surface area contributed by atoms with Gasteiger partial charge in [-0.25, -0.2) is 9.97 Å². The van der Waals surface area contributed by atoms with E-state index in [0.717, 1.165) is 22.6 Å². The summed E-state index contributed by atoms with van der Waals surface area (Å²) < 4.78 is 6.50. The van der Waals surface area contributed by atoms with E-state index >= 15 is 0 Å². The van der Waals surface area contributed by atoms with Crippen LogP contribution in [0, 0.1) is 6.92 Å². The molecule has 0 amide bonds. The summed E-state index contributed by atoms with van der Waals surface area (Å²) in [6, 6.07) is 0.327. The van der Waals surface area contributed by atoms with Crippen LogP contribution in [-0.4, -0.2) is 47.5 Å². The van der Waals surface area contributed by atoms with E-state index in [2.05, 4.69) is 41.0 Å². The molecule has 1 N–H and O–H groups in total. The van der Waals surface area contributed by atoms with E-state index in [1.807, 2.05) is 0 Å². The highest BCUT2D eigenvalue weighted by Gasteiger charge is 2.17. The summed E-state index contributed by atoms with van der Waals surface area (Å²) in [6.07, 6.45) is 1.63. The number of aromatic nitrogens is 2. The standard InChI is InChI=1S/C14H21N3O2S/c1-10(2)17(4-6-19-7-5-18)14-13-12(15-9-16-14)11(3)8-20-13/h8-10,18H,4-7H2,1-3H3. The quantitative estimate of drug-likeness (QED) is 0.794. The smallest absolute Gasteiger partial charge is 0.150 e. The van der Waals surface area contributed by atoms with Crippen LogP contribution in [0.3, 0.4) is 0 Å². The van der Waals surface area contributed by atoms with Crippen LogP contribution in [0.25, 0.3) is 10.2 Å². The molecule has 0 spiro atoms. The van der Waals surface area contributed by atoms with Gasteiger partial charge in [-0.15, -0.1) is 11.3 Å². The molecule has 0 aliphatic heterocycles. The Bertz CT molecular complexity index is 556. The molecule has 110 valence electrons. The molecule has 2 heterocycles. The van der Waals surface area contributed by atoms with Crippen molar-refractivity contribution < 1.29 is 9.84 Å². The minimum atomic E-state index is 0.0591. The second kappa shape index (κ2) is 6.97. The molecule has 5 nitrogen and oxygen atoms in total. The molecule has 2 rings (SSSR count). The SMILES string of the molecule is Cc1csc2c(N(CCOCCO)C(C)C)ncnc12.